The van der Waals surface area contributed by atoms with Crippen molar-refractivity contribution < 1.29 is 59.1 Å². The van der Waals surface area contributed by atoms with Crippen LogP contribution in [-0.4, -0.2) is 23.3 Å². The maximum atomic E-state index is 2.28. The summed E-state index contributed by atoms with van der Waals surface area (Å²) < 4.78 is 0. The predicted molar refractivity (Wildman–Crippen MR) is 18.5 cm³/mol. The first kappa shape index (κ1) is 25.7. The van der Waals surface area contributed by atoms with E-state index in [1.54, 1.807) is 0 Å². The summed E-state index contributed by atoms with van der Waals surface area (Å²) in [5, 5.41) is 0. The molecule has 0 saturated carbocycles. The first-order chi connectivity index (χ1) is 1.00. The molecule has 0 spiro atoms. The molecule has 0 unspecified atom stereocenters. The quantitative estimate of drug-likeness (QED) is 0.441. The van der Waals surface area contributed by atoms with Gasteiger partial charge in [0.25, 0.3) is 0 Å². The van der Waals surface area contributed by atoms with Crippen LogP contribution in [0.25, 0.3) is 0 Å². The molecular formula is H5AlAuBNiTi. The number of hydrogen-bond donors (Lipinski definition) is 0. The Hall–Kier alpha value is 2.55. The van der Waals surface area contributed by atoms with Gasteiger partial charge in [0.2, 0.25) is 0 Å². The maximum absolute atomic E-state index is 2.28. The van der Waals surface area contributed by atoms with Crippen molar-refractivity contribution >= 4 is 23.3 Å². The van der Waals surface area contributed by atoms with Crippen LogP contribution in [0.4, 0.5) is 0 Å². The third-order valence-corrected chi connectivity index (χ3v) is 0. The smallest absolute Gasteiger partial charge is 0 e. The molecule has 0 aromatic heterocycles. The molecule has 0 aromatic carbocycles. The Balaban J connectivity index is -0.00000000167. The van der Waals surface area contributed by atoms with Gasteiger partial charge in [0.15, 0.2) is 17.4 Å². The molecule has 0 aliphatic rings. The Bertz CT molecular complexity index is 11.6. The second-order valence-corrected chi connectivity index (χ2v) is 0. The van der Waals surface area contributed by atoms with Crippen LogP contribution in [0.15, 0.2) is 0 Å². The van der Waals surface area contributed by atoms with Gasteiger partial charge in [-0.25, -0.2) is 0 Å². The van der Waals surface area contributed by atoms with Crippen LogP contribution in [0, 0.1) is 0 Å². The second-order valence-electron chi connectivity index (χ2n) is 0. The van der Waals surface area contributed by atoms with Gasteiger partial charge in [-0.2, -0.15) is 0 Å². The van der Waals surface area contributed by atoms with Gasteiger partial charge in [-0.05, 0) is 0 Å². The van der Waals surface area contributed by atoms with Crippen LogP contribution in [0.3, 0.4) is 0 Å². The largest absolute Gasteiger partial charge is 0 e. The number of rotatable bonds is 0. The van der Waals surface area contributed by atoms with Crippen molar-refractivity contribution in [3.05, 3.63) is 0 Å². The molecule has 0 N–H and O–H groups in total. The second kappa shape index (κ2) is 31.1. The summed E-state index contributed by atoms with van der Waals surface area (Å²) in [6.07, 6.45) is 0. The summed E-state index contributed by atoms with van der Waals surface area (Å²) >= 11 is 2.28. The van der Waals surface area contributed by atoms with Crippen LogP contribution in [0.2, 0.25) is 0 Å². The van der Waals surface area contributed by atoms with E-state index in [0.717, 1.165) is 0 Å². The molecule has 36 valence electrons. The average molecular weight is 346 g/mol. The molecule has 0 radical (unpaired) electrons. The molecule has 0 saturated heterocycles. The fourth-order valence-electron chi connectivity index (χ4n) is 0. The van der Waals surface area contributed by atoms with E-state index in [9.17, 15) is 0 Å². The maximum Gasteiger partial charge on any atom is 0 e. The molecule has 0 aromatic rings. The van der Waals surface area contributed by atoms with E-state index in [1.807, 2.05) is 5.93 Å². The normalized spacial score (nSPS) is 1.20. The predicted octanol–water partition coefficient (Wildman–Crippen LogP) is -2.11. The molecule has 0 rings (SSSR count). The Morgan fingerprint density at radius 2 is 1.20 bits per heavy atom. The summed E-state index contributed by atoms with van der Waals surface area (Å²) in [4.78, 5) is 0. The monoisotopic (exact) mass is 346 g/mol. The van der Waals surface area contributed by atoms with Gasteiger partial charge >= 0.3 is 26.8 Å². The third kappa shape index (κ3) is 20.9. The minimum atomic E-state index is 0. The van der Waals surface area contributed by atoms with Gasteiger partial charge in [0, 0.05) is 38.2 Å². The average Bonchev–Trinajstić information content (AvgIpc) is 1.00. The van der Waals surface area contributed by atoms with E-state index in [-0.39, 0.29) is 55.6 Å². The van der Waals surface area contributed by atoms with Gasteiger partial charge in [0.05, 0.1) is 0 Å². The molecule has 0 heterocycles. The minimum absolute atomic E-state index is 0. The van der Waals surface area contributed by atoms with Crippen LogP contribution >= 0.6 is 0 Å². The van der Waals surface area contributed by atoms with Crippen molar-refractivity contribution in [3.63, 3.8) is 0 Å². The molecule has 0 aliphatic heterocycles. The summed E-state index contributed by atoms with van der Waals surface area (Å²) in [7, 11) is 0. The van der Waals surface area contributed by atoms with Gasteiger partial charge in [-0.3, -0.25) is 0 Å². The molecule has 0 nitrogen and oxygen atoms in total. The van der Waals surface area contributed by atoms with Crippen molar-refractivity contribution in [2.24, 2.45) is 0 Å². The van der Waals surface area contributed by atoms with Gasteiger partial charge < -0.3 is 0 Å². The molecule has 0 bridgehead atoms. The molecule has 0 fully saturated rings. The van der Waals surface area contributed by atoms with Crippen molar-refractivity contribution in [2.45, 2.75) is 0 Å². The Morgan fingerprint density at radius 3 is 1.20 bits per heavy atom. The van der Waals surface area contributed by atoms with Crippen LogP contribution in [-0.2, 0) is 59.1 Å². The zero-order valence-corrected chi connectivity index (χ0v) is 6.83. The van der Waals surface area contributed by atoms with E-state index >= 15 is 0 Å². The van der Waals surface area contributed by atoms with Crippen LogP contribution in [0.5, 0.6) is 0 Å². The van der Waals surface area contributed by atoms with E-state index in [4.69, 9.17) is 0 Å². The van der Waals surface area contributed by atoms with Crippen LogP contribution < -0.4 is 0 Å². The minimum Gasteiger partial charge on any atom is 0 e. The van der Waals surface area contributed by atoms with E-state index < -0.39 is 0 Å². The third-order valence-electron chi connectivity index (χ3n) is 0. The van der Waals surface area contributed by atoms with Crippen molar-refractivity contribution in [3.8, 4) is 0 Å². The first-order valence-corrected chi connectivity index (χ1v) is 2.47. The standard InChI is InChI=1S/Al.Au.BH2.Ni.Ti.3H/h;;1H2;;;;;/q;-1;+1;;;;;. The summed E-state index contributed by atoms with van der Waals surface area (Å²) in [6, 6.07) is 0. The van der Waals surface area contributed by atoms with E-state index in [2.05, 4.69) is 20.9 Å². The summed E-state index contributed by atoms with van der Waals surface area (Å²) in [5.41, 5.74) is 0. The van der Waals surface area contributed by atoms with Gasteiger partial charge in [-0.15, -0.1) is 0 Å². The van der Waals surface area contributed by atoms with Crippen molar-refractivity contribution in [1.29, 1.82) is 0 Å². The zero-order chi connectivity index (χ0) is 2.00. The van der Waals surface area contributed by atoms with Crippen LogP contribution in [0.1, 0.15) is 0 Å². The Labute approximate surface area is 81.2 Å². The van der Waals surface area contributed by atoms with Crippen molar-refractivity contribution in [2.75, 3.05) is 0 Å². The first-order valence-electron chi connectivity index (χ1n) is 0.302. The van der Waals surface area contributed by atoms with Crippen molar-refractivity contribution in [1.82, 2.24) is 0 Å². The fraction of sp³-hybridized carbons (Fsp3) is 0. The van der Waals surface area contributed by atoms with E-state index in [1.165, 1.54) is 0 Å². The van der Waals surface area contributed by atoms with Gasteiger partial charge in [0.1, 0.15) is 0 Å². The number of hydrogen-bond acceptors (Lipinski definition) is 0. The molecule has 5 heavy (non-hydrogen) atoms. The summed E-state index contributed by atoms with van der Waals surface area (Å²) in [5.74, 6) is 1.94. The SMILES string of the molecule is [AlH3].[BH2][Au].[Ni].[Ti]. The van der Waals surface area contributed by atoms with E-state index in [0.29, 0.717) is 0 Å². The van der Waals surface area contributed by atoms with Gasteiger partial charge in [-0.1, -0.05) is 0 Å². The summed E-state index contributed by atoms with van der Waals surface area (Å²) in [6.45, 7) is 0. The zero-order valence-electron chi connectivity index (χ0n) is 2.12. The molecule has 5 heteroatoms. The Kier molecular flexibility index (Phi) is 160. The molecular weight excluding hydrogens is 341 g/mol. The fourth-order valence-corrected chi connectivity index (χ4v) is 0. The Morgan fingerprint density at radius 1 is 1.20 bits per heavy atom. The topological polar surface area (TPSA) is 0 Å². The molecule has 0 atom stereocenters. The molecule has 0 amide bonds. The molecule has 0 aliphatic carbocycles.